The highest BCUT2D eigenvalue weighted by atomic mass is 16.6. The Kier molecular flexibility index (Phi) is 5.26. The minimum absolute atomic E-state index is 0.0798. The maximum absolute atomic E-state index is 10.7. The second-order valence-electron chi connectivity index (χ2n) is 5.54. The van der Waals surface area contributed by atoms with Gasteiger partial charge in [-0.2, -0.15) is 0 Å². The number of hydrogen-bond donors (Lipinski definition) is 1. The van der Waals surface area contributed by atoms with Crippen molar-refractivity contribution in [1.82, 2.24) is 0 Å². The molecule has 0 radical (unpaired) electrons. The van der Waals surface area contributed by atoms with Crippen LogP contribution in [0.1, 0.15) is 11.1 Å². The maximum atomic E-state index is 10.7. The number of anilines is 1. The van der Waals surface area contributed by atoms with Gasteiger partial charge in [-0.1, -0.05) is 36.4 Å². The molecule has 0 spiro atoms. The number of nitrogens with one attached hydrogen (secondary N) is 1. The fourth-order valence-corrected chi connectivity index (χ4v) is 2.42. The second kappa shape index (κ2) is 7.97. The number of rotatable bonds is 7. The molecule has 0 aliphatic heterocycles. The summed E-state index contributed by atoms with van der Waals surface area (Å²) in [6.07, 6.45) is 0. The predicted octanol–water partition coefficient (Wildman–Crippen LogP) is 4.79. The Morgan fingerprint density at radius 3 is 2.28 bits per heavy atom. The molecular formula is C20H18N2O3. The van der Waals surface area contributed by atoms with Gasteiger partial charge < -0.3 is 10.1 Å². The molecule has 0 aliphatic carbocycles. The lowest BCUT2D eigenvalue weighted by molar-refractivity contribution is -0.384. The second-order valence-corrected chi connectivity index (χ2v) is 5.54. The van der Waals surface area contributed by atoms with Crippen LogP contribution in [0.3, 0.4) is 0 Å². The molecule has 0 heterocycles. The van der Waals surface area contributed by atoms with E-state index >= 15 is 0 Å². The molecule has 3 aromatic rings. The molecule has 126 valence electrons. The minimum atomic E-state index is -0.408. The molecule has 0 saturated carbocycles. The van der Waals surface area contributed by atoms with E-state index in [-0.39, 0.29) is 5.69 Å². The zero-order valence-corrected chi connectivity index (χ0v) is 13.6. The van der Waals surface area contributed by atoms with E-state index in [9.17, 15) is 10.1 Å². The van der Waals surface area contributed by atoms with Crippen LogP contribution in [0, 0.1) is 10.1 Å². The molecule has 0 unspecified atom stereocenters. The lowest BCUT2D eigenvalue weighted by atomic mass is 10.2. The third-order valence-corrected chi connectivity index (χ3v) is 3.77. The highest BCUT2D eigenvalue weighted by Gasteiger charge is 2.06. The van der Waals surface area contributed by atoms with Crippen LogP contribution in [-0.2, 0) is 13.2 Å². The summed E-state index contributed by atoms with van der Waals surface area (Å²) in [7, 11) is 0. The number of nitrogens with zero attached hydrogens (tertiary/aromatic N) is 1. The van der Waals surface area contributed by atoms with Crippen molar-refractivity contribution in [3.63, 3.8) is 0 Å². The summed E-state index contributed by atoms with van der Waals surface area (Å²) < 4.78 is 5.90. The van der Waals surface area contributed by atoms with E-state index in [0.29, 0.717) is 13.2 Å². The molecule has 0 fully saturated rings. The van der Waals surface area contributed by atoms with E-state index in [1.165, 1.54) is 12.1 Å². The average Bonchev–Trinajstić information content (AvgIpc) is 2.66. The number of non-ortho nitro benzene ring substituents is 1. The van der Waals surface area contributed by atoms with Gasteiger partial charge in [0.1, 0.15) is 12.4 Å². The molecule has 0 saturated heterocycles. The third-order valence-electron chi connectivity index (χ3n) is 3.77. The zero-order valence-electron chi connectivity index (χ0n) is 13.6. The van der Waals surface area contributed by atoms with Gasteiger partial charge in [0, 0.05) is 29.9 Å². The normalized spacial score (nSPS) is 10.2. The molecule has 0 aliphatic rings. The van der Waals surface area contributed by atoms with Crippen molar-refractivity contribution in [2.45, 2.75) is 13.2 Å². The first-order valence-electron chi connectivity index (χ1n) is 7.95. The fourth-order valence-electron chi connectivity index (χ4n) is 2.42. The minimum Gasteiger partial charge on any atom is -0.489 e. The van der Waals surface area contributed by atoms with Gasteiger partial charge in [0.25, 0.3) is 5.69 Å². The zero-order chi connectivity index (χ0) is 17.5. The maximum Gasteiger partial charge on any atom is 0.269 e. The Morgan fingerprint density at radius 2 is 1.56 bits per heavy atom. The number of benzene rings is 3. The van der Waals surface area contributed by atoms with Gasteiger partial charge in [-0.3, -0.25) is 10.1 Å². The summed E-state index contributed by atoms with van der Waals surface area (Å²) in [5, 5.41) is 14.1. The van der Waals surface area contributed by atoms with Crippen molar-refractivity contribution in [2.24, 2.45) is 0 Å². The molecule has 5 nitrogen and oxygen atoms in total. The first-order chi connectivity index (χ1) is 12.2. The molecule has 5 heteroatoms. The molecule has 0 bridgehead atoms. The quantitative estimate of drug-likeness (QED) is 0.498. The lowest BCUT2D eigenvalue weighted by Crippen LogP contribution is -2.03. The highest BCUT2D eigenvalue weighted by Crippen LogP contribution is 2.21. The first-order valence-corrected chi connectivity index (χ1v) is 7.95. The van der Waals surface area contributed by atoms with Gasteiger partial charge in [0.15, 0.2) is 0 Å². The van der Waals surface area contributed by atoms with E-state index in [1.54, 1.807) is 12.1 Å². The van der Waals surface area contributed by atoms with Gasteiger partial charge in [0.05, 0.1) is 4.92 Å². The van der Waals surface area contributed by atoms with E-state index < -0.39 is 4.92 Å². The number of ether oxygens (including phenoxy) is 1. The number of nitro groups is 1. The Morgan fingerprint density at radius 1 is 0.880 bits per heavy atom. The number of para-hydroxylation sites is 2. The molecule has 0 aromatic heterocycles. The van der Waals surface area contributed by atoms with Crippen molar-refractivity contribution < 1.29 is 9.66 Å². The van der Waals surface area contributed by atoms with Gasteiger partial charge >= 0.3 is 0 Å². The molecule has 3 aromatic carbocycles. The van der Waals surface area contributed by atoms with Gasteiger partial charge in [-0.25, -0.2) is 0 Å². The van der Waals surface area contributed by atoms with Gasteiger partial charge in [-0.15, -0.1) is 0 Å². The molecular weight excluding hydrogens is 316 g/mol. The largest absolute Gasteiger partial charge is 0.489 e. The summed E-state index contributed by atoms with van der Waals surface area (Å²) in [6.45, 7) is 1.01. The summed E-state index contributed by atoms with van der Waals surface area (Å²) in [5.74, 6) is 0.796. The van der Waals surface area contributed by atoms with Crippen LogP contribution in [0.4, 0.5) is 11.4 Å². The molecule has 0 amide bonds. The molecule has 3 rings (SSSR count). The Hall–Kier alpha value is -3.34. The van der Waals surface area contributed by atoms with Crippen molar-refractivity contribution >= 4 is 11.4 Å². The topological polar surface area (TPSA) is 64.4 Å². The van der Waals surface area contributed by atoms with E-state index in [0.717, 1.165) is 22.6 Å². The standard InChI is InChI=1S/C20H18N2O3/c23-22(24)19-12-10-16(11-13-19)15-25-20-9-5-4-6-17(20)14-21-18-7-2-1-3-8-18/h1-13,21H,14-15H2. The van der Waals surface area contributed by atoms with E-state index in [4.69, 9.17) is 4.74 Å². The summed E-state index contributed by atoms with van der Waals surface area (Å²) in [4.78, 5) is 10.3. The fraction of sp³-hybridized carbons (Fsp3) is 0.100. The molecule has 25 heavy (non-hydrogen) atoms. The first kappa shape index (κ1) is 16.5. The number of hydrogen-bond acceptors (Lipinski definition) is 4. The Bertz CT molecular complexity index is 833. The van der Waals surface area contributed by atoms with Crippen LogP contribution in [0.2, 0.25) is 0 Å². The summed E-state index contributed by atoms with van der Waals surface area (Å²) in [6, 6.07) is 24.2. The molecule has 1 N–H and O–H groups in total. The van der Waals surface area contributed by atoms with Gasteiger partial charge in [-0.05, 0) is 35.9 Å². The highest BCUT2D eigenvalue weighted by molar-refractivity contribution is 5.45. The lowest BCUT2D eigenvalue weighted by Gasteiger charge is -2.13. The van der Waals surface area contributed by atoms with Crippen LogP contribution in [0.5, 0.6) is 5.75 Å². The van der Waals surface area contributed by atoms with Crippen molar-refractivity contribution in [3.8, 4) is 5.75 Å². The van der Waals surface area contributed by atoms with E-state index in [1.807, 2.05) is 54.6 Å². The van der Waals surface area contributed by atoms with Crippen LogP contribution in [-0.4, -0.2) is 4.92 Å². The van der Waals surface area contributed by atoms with Crippen molar-refractivity contribution in [2.75, 3.05) is 5.32 Å². The third kappa shape index (κ3) is 4.57. The van der Waals surface area contributed by atoms with E-state index in [2.05, 4.69) is 5.32 Å². The smallest absolute Gasteiger partial charge is 0.269 e. The van der Waals surface area contributed by atoms with Gasteiger partial charge in [0.2, 0.25) is 0 Å². The van der Waals surface area contributed by atoms with Crippen molar-refractivity contribution in [3.05, 3.63) is 100 Å². The SMILES string of the molecule is O=[N+]([O-])c1ccc(COc2ccccc2CNc2ccccc2)cc1. The summed E-state index contributed by atoms with van der Waals surface area (Å²) in [5.41, 5.74) is 3.06. The van der Waals surface area contributed by atoms with Crippen LogP contribution < -0.4 is 10.1 Å². The van der Waals surface area contributed by atoms with Crippen LogP contribution in [0.25, 0.3) is 0 Å². The number of nitro benzene ring substituents is 1. The average molecular weight is 334 g/mol. The molecule has 0 atom stereocenters. The van der Waals surface area contributed by atoms with Crippen LogP contribution in [0.15, 0.2) is 78.9 Å². The van der Waals surface area contributed by atoms with Crippen LogP contribution >= 0.6 is 0 Å². The van der Waals surface area contributed by atoms with Crippen molar-refractivity contribution in [1.29, 1.82) is 0 Å². The Balaban J connectivity index is 1.63. The summed E-state index contributed by atoms with van der Waals surface area (Å²) >= 11 is 0. The predicted molar refractivity (Wildman–Crippen MR) is 97.6 cm³/mol. The Labute approximate surface area is 146 Å². The monoisotopic (exact) mass is 334 g/mol.